The minimum atomic E-state index is -2.76. The largest absolute Gasteiger partial charge is 0.317 e. The lowest BCUT2D eigenvalue weighted by molar-refractivity contribution is 0.603. The van der Waals surface area contributed by atoms with Crippen molar-refractivity contribution in [3.63, 3.8) is 0 Å². The third-order valence-electron chi connectivity index (χ3n) is 1.49. The molecule has 0 bridgehead atoms. The van der Waals surface area contributed by atoms with Crippen LogP contribution in [0.25, 0.3) is 0 Å². The Morgan fingerprint density at radius 2 is 2.00 bits per heavy atom. The molecule has 0 aliphatic heterocycles. The average molecular weight is 225 g/mol. The maximum absolute atomic E-state index is 10.7. The fourth-order valence-corrected chi connectivity index (χ4v) is 3.02. The van der Waals surface area contributed by atoms with E-state index in [0.29, 0.717) is 5.75 Å². The van der Waals surface area contributed by atoms with Crippen molar-refractivity contribution in [3.05, 3.63) is 0 Å². The normalized spacial score (nSPS) is 11.8. The van der Waals surface area contributed by atoms with E-state index in [-0.39, 0.29) is 0 Å². The summed E-state index contributed by atoms with van der Waals surface area (Å²) >= 11 is 1.71. The van der Waals surface area contributed by atoms with Gasteiger partial charge in [-0.2, -0.15) is 11.8 Å². The summed E-state index contributed by atoms with van der Waals surface area (Å²) in [6, 6.07) is 0. The van der Waals surface area contributed by atoms with E-state index in [0.717, 1.165) is 31.0 Å². The number of hydrogen-bond donors (Lipinski definition) is 1. The Morgan fingerprint density at radius 3 is 2.54 bits per heavy atom. The van der Waals surface area contributed by atoms with Crippen molar-refractivity contribution in [2.75, 3.05) is 36.6 Å². The first-order valence-electron chi connectivity index (χ1n) is 4.52. The molecule has 0 saturated heterocycles. The van der Waals surface area contributed by atoms with Crippen molar-refractivity contribution in [1.82, 2.24) is 5.32 Å². The number of thioether (sulfide) groups is 1. The van der Waals surface area contributed by atoms with Gasteiger partial charge in [0.05, 0.1) is 5.75 Å². The second-order valence-corrected chi connectivity index (χ2v) is 6.43. The lowest BCUT2D eigenvalue weighted by Crippen LogP contribution is -2.14. The summed E-state index contributed by atoms with van der Waals surface area (Å²) in [4.78, 5) is 0. The van der Waals surface area contributed by atoms with Gasteiger partial charge < -0.3 is 5.32 Å². The Labute approximate surface area is 85.6 Å². The highest BCUT2D eigenvalue weighted by atomic mass is 32.2. The van der Waals surface area contributed by atoms with Gasteiger partial charge in [-0.25, -0.2) is 8.42 Å². The second-order valence-electron chi connectivity index (χ2n) is 2.95. The van der Waals surface area contributed by atoms with Crippen molar-refractivity contribution in [3.8, 4) is 0 Å². The molecule has 13 heavy (non-hydrogen) atoms. The zero-order valence-corrected chi connectivity index (χ0v) is 10.0. The van der Waals surface area contributed by atoms with Gasteiger partial charge in [0.15, 0.2) is 0 Å². The molecule has 0 heterocycles. The summed E-state index contributed by atoms with van der Waals surface area (Å²) in [7, 11) is -2.76. The van der Waals surface area contributed by atoms with Gasteiger partial charge in [-0.3, -0.25) is 0 Å². The first-order valence-corrected chi connectivity index (χ1v) is 7.74. The predicted octanol–water partition coefficient (Wildman–Crippen LogP) is 0.764. The lowest BCUT2D eigenvalue weighted by Gasteiger charge is -2.01. The summed E-state index contributed by atoms with van der Waals surface area (Å²) < 4.78 is 21.5. The summed E-state index contributed by atoms with van der Waals surface area (Å²) in [6.07, 6.45) is 2.40. The number of hydrogen-bond acceptors (Lipinski definition) is 4. The van der Waals surface area contributed by atoms with Crippen LogP contribution in [-0.2, 0) is 9.84 Å². The number of nitrogens with one attached hydrogen (secondary N) is 1. The van der Waals surface area contributed by atoms with Crippen LogP contribution in [-0.4, -0.2) is 45.0 Å². The molecule has 0 aromatic heterocycles. The van der Waals surface area contributed by atoms with E-state index in [4.69, 9.17) is 0 Å². The highest BCUT2D eigenvalue weighted by molar-refractivity contribution is 8.00. The molecule has 0 saturated carbocycles. The number of rotatable bonds is 8. The van der Waals surface area contributed by atoms with Crippen LogP contribution < -0.4 is 5.32 Å². The Morgan fingerprint density at radius 1 is 1.31 bits per heavy atom. The molecule has 0 radical (unpaired) electrons. The van der Waals surface area contributed by atoms with Gasteiger partial charge in [0, 0.05) is 12.0 Å². The standard InChI is InChI=1S/C8H19NO2S2/c1-3-9-5-4-6-12-7-8-13(2,10)11/h9H,3-8H2,1-2H3. The van der Waals surface area contributed by atoms with Gasteiger partial charge in [0.1, 0.15) is 9.84 Å². The third-order valence-corrected chi connectivity index (χ3v) is 3.76. The van der Waals surface area contributed by atoms with Crippen LogP contribution in [0, 0.1) is 0 Å². The van der Waals surface area contributed by atoms with E-state index in [2.05, 4.69) is 12.2 Å². The van der Waals surface area contributed by atoms with Crippen LogP contribution in [0.5, 0.6) is 0 Å². The first kappa shape index (κ1) is 13.3. The van der Waals surface area contributed by atoms with E-state index < -0.39 is 9.84 Å². The van der Waals surface area contributed by atoms with Crippen LogP contribution in [0.2, 0.25) is 0 Å². The molecule has 0 spiro atoms. The fourth-order valence-electron chi connectivity index (χ4n) is 0.788. The van der Waals surface area contributed by atoms with Gasteiger partial charge in [-0.05, 0) is 25.3 Å². The average Bonchev–Trinajstić information content (AvgIpc) is 2.01. The molecule has 0 aliphatic carbocycles. The molecule has 80 valence electrons. The van der Waals surface area contributed by atoms with Crippen LogP contribution in [0.15, 0.2) is 0 Å². The minimum absolute atomic E-state index is 0.304. The summed E-state index contributed by atoms with van der Waals surface area (Å²) in [6.45, 7) is 4.12. The molecule has 0 aromatic carbocycles. The van der Waals surface area contributed by atoms with E-state index in [9.17, 15) is 8.42 Å². The summed E-state index contributed by atoms with van der Waals surface area (Å²) in [5.41, 5.74) is 0. The summed E-state index contributed by atoms with van der Waals surface area (Å²) in [5, 5.41) is 3.22. The zero-order chi connectivity index (χ0) is 10.2. The van der Waals surface area contributed by atoms with Crippen LogP contribution >= 0.6 is 11.8 Å². The third kappa shape index (κ3) is 12.3. The molecule has 0 amide bonds. The molecule has 0 fully saturated rings. The van der Waals surface area contributed by atoms with Crippen LogP contribution in [0.1, 0.15) is 13.3 Å². The Bertz CT molecular complexity index is 202. The van der Waals surface area contributed by atoms with Crippen LogP contribution in [0.4, 0.5) is 0 Å². The zero-order valence-electron chi connectivity index (χ0n) is 8.38. The molecule has 0 aliphatic rings. The SMILES string of the molecule is CCNCCCSCCS(C)(=O)=O. The van der Waals surface area contributed by atoms with E-state index in [1.165, 1.54) is 6.26 Å². The first-order chi connectivity index (χ1) is 6.06. The highest BCUT2D eigenvalue weighted by Crippen LogP contribution is 2.02. The molecule has 0 rings (SSSR count). The van der Waals surface area contributed by atoms with Crippen molar-refractivity contribution >= 4 is 21.6 Å². The monoisotopic (exact) mass is 225 g/mol. The van der Waals surface area contributed by atoms with Gasteiger partial charge in [0.2, 0.25) is 0 Å². The molecular formula is C8H19NO2S2. The molecule has 5 heteroatoms. The van der Waals surface area contributed by atoms with E-state index in [1.807, 2.05) is 0 Å². The van der Waals surface area contributed by atoms with Gasteiger partial charge in [-0.1, -0.05) is 6.92 Å². The van der Waals surface area contributed by atoms with Crippen molar-refractivity contribution in [1.29, 1.82) is 0 Å². The van der Waals surface area contributed by atoms with Crippen molar-refractivity contribution in [2.24, 2.45) is 0 Å². The lowest BCUT2D eigenvalue weighted by atomic mass is 10.5. The predicted molar refractivity (Wildman–Crippen MR) is 60.2 cm³/mol. The van der Waals surface area contributed by atoms with Crippen LogP contribution in [0.3, 0.4) is 0 Å². The Kier molecular flexibility index (Phi) is 7.80. The molecule has 0 aromatic rings. The maximum atomic E-state index is 10.7. The molecular weight excluding hydrogens is 206 g/mol. The summed E-state index contributed by atoms with van der Waals surface area (Å²) in [5.74, 6) is 2.08. The molecule has 0 unspecified atom stereocenters. The molecule has 1 N–H and O–H groups in total. The van der Waals surface area contributed by atoms with Gasteiger partial charge in [-0.15, -0.1) is 0 Å². The Balaban J connectivity index is 3.09. The molecule has 0 atom stereocenters. The molecule has 3 nitrogen and oxygen atoms in total. The fraction of sp³-hybridized carbons (Fsp3) is 1.00. The van der Waals surface area contributed by atoms with Gasteiger partial charge >= 0.3 is 0 Å². The van der Waals surface area contributed by atoms with Gasteiger partial charge in [0.25, 0.3) is 0 Å². The maximum Gasteiger partial charge on any atom is 0.148 e. The minimum Gasteiger partial charge on any atom is -0.317 e. The second kappa shape index (κ2) is 7.64. The highest BCUT2D eigenvalue weighted by Gasteiger charge is 2.00. The number of sulfone groups is 1. The van der Waals surface area contributed by atoms with Crippen molar-refractivity contribution in [2.45, 2.75) is 13.3 Å². The topological polar surface area (TPSA) is 46.2 Å². The van der Waals surface area contributed by atoms with E-state index in [1.54, 1.807) is 11.8 Å². The quantitative estimate of drug-likeness (QED) is 0.620. The smallest absolute Gasteiger partial charge is 0.148 e. The Hall–Kier alpha value is 0.260. The van der Waals surface area contributed by atoms with E-state index >= 15 is 0 Å². The van der Waals surface area contributed by atoms with Crippen molar-refractivity contribution < 1.29 is 8.42 Å².